The van der Waals surface area contributed by atoms with Crippen molar-refractivity contribution in [2.45, 2.75) is 39.7 Å². The highest BCUT2D eigenvalue weighted by atomic mass is 79.9. The van der Waals surface area contributed by atoms with Crippen LogP contribution in [-0.4, -0.2) is 68.4 Å². The molecule has 3 aliphatic heterocycles. The second-order valence-corrected chi connectivity index (χ2v) is 14.2. The van der Waals surface area contributed by atoms with Crippen molar-refractivity contribution < 1.29 is 24.2 Å². The molecule has 2 bridgehead atoms. The van der Waals surface area contributed by atoms with E-state index < -0.39 is 34.6 Å². The number of esters is 1. The largest absolute Gasteiger partial charge is 0.465 e. The first-order valence-electron chi connectivity index (χ1n) is 14.8. The number of alkyl halides is 1. The molecule has 7 atom stereocenters. The number of hydrogen-bond donors (Lipinski definition) is 1. The number of aliphatic hydroxyl groups excluding tert-OH is 1. The number of fused-ring (bicyclic) bond motifs is 2. The fourth-order valence-electron chi connectivity index (χ4n) is 7.26. The summed E-state index contributed by atoms with van der Waals surface area (Å²) in [4.78, 5) is 46.5. The van der Waals surface area contributed by atoms with Crippen molar-refractivity contribution in [3.8, 4) is 0 Å². The van der Waals surface area contributed by atoms with E-state index >= 15 is 4.79 Å². The van der Waals surface area contributed by atoms with Gasteiger partial charge in [0.15, 0.2) is 0 Å². The average molecular weight is 676 g/mol. The van der Waals surface area contributed by atoms with Crippen molar-refractivity contribution in [2.24, 2.45) is 11.8 Å². The molecule has 3 unspecified atom stereocenters. The lowest BCUT2D eigenvalue weighted by molar-refractivity contribution is -0.154. The van der Waals surface area contributed by atoms with Crippen LogP contribution in [0.25, 0.3) is 10.8 Å². The molecular weight excluding hydrogens is 640 g/mol. The third kappa shape index (κ3) is 4.99. The Hall–Kier alpha value is -3.40. The molecule has 6 rings (SSSR count). The van der Waals surface area contributed by atoms with Gasteiger partial charge in [-0.15, -0.1) is 24.9 Å². The summed E-state index contributed by atoms with van der Waals surface area (Å²) in [6, 6.07) is 21.4. The molecule has 1 spiro atoms. The number of amides is 2. The number of ether oxygens (including phenoxy) is 1. The van der Waals surface area contributed by atoms with Crippen LogP contribution in [0.5, 0.6) is 0 Å². The molecule has 3 aliphatic rings. The van der Waals surface area contributed by atoms with E-state index in [9.17, 15) is 14.7 Å². The van der Waals surface area contributed by atoms with Crippen LogP contribution in [0.1, 0.15) is 24.4 Å². The average Bonchev–Trinajstić information content (AvgIpc) is 3.64. The summed E-state index contributed by atoms with van der Waals surface area (Å²) in [5.74, 6) is -2.49. The molecule has 3 aromatic rings. The van der Waals surface area contributed by atoms with Gasteiger partial charge < -0.3 is 19.6 Å². The molecule has 0 aromatic heterocycles. The van der Waals surface area contributed by atoms with E-state index in [4.69, 9.17) is 4.74 Å². The first kappa shape index (κ1) is 30.6. The Morgan fingerprint density at radius 3 is 2.52 bits per heavy atom. The quantitative estimate of drug-likeness (QED) is 0.122. The molecule has 0 aliphatic carbocycles. The highest BCUT2D eigenvalue weighted by molar-refractivity contribution is 9.09. The summed E-state index contributed by atoms with van der Waals surface area (Å²) < 4.78 is 4.75. The normalized spacial score (nSPS) is 27.6. The van der Waals surface area contributed by atoms with Crippen LogP contribution in [0.3, 0.4) is 0 Å². The molecule has 7 nitrogen and oxygen atoms in total. The zero-order valence-electron chi connectivity index (χ0n) is 24.3. The Kier molecular flexibility index (Phi) is 8.72. The van der Waals surface area contributed by atoms with E-state index in [1.54, 1.807) is 33.7 Å². The van der Waals surface area contributed by atoms with Crippen molar-refractivity contribution >= 4 is 61.9 Å². The van der Waals surface area contributed by atoms with Crippen LogP contribution >= 0.6 is 27.7 Å². The van der Waals surface area contributed by atoms with Crippen molar-refractivity contribution in [1.82, 2.24) is 4.90 Å². The maximum absolute atomic E-state index is 15.0. The fourth-order valence-corrected chi connectivity index (χ4v) is 10.8. The first-order chi connectivity index (χ1) is 21.4. The molecule has 0 saturated carbocycles. The molecule has 3 fully saturated rings. The SMILES string of the molecule is C=CCCOC(=O)[C@H]1[C@@H]2SC3(CC2Br)C(C(=O)N(CC=C)c2ccc4ccccc4c2)N([C@H](CO)c2ccccc2)C(=O)[C@H]13. The third-order valence-corrected chi connectivity index (χ3v) is 12.3. The first-order valence-corrected chi connectivity index (χ1v) is 16.6. The number of likely N-dealkylation sites (tertiary alicyclic amines) is 1. The van der Waals surface area contributed by atoms with E-state index in [-0.39, 0.29) is 41.6 Å². The number of nitrogens with zero attached hydrogens (tertiary/aromatic N) is 2. The Morgan fingerprint density at radius 1 is 1.09 bits per heavy atom. The summed E-state index contributed by atoms with van der Waals surface area (Å²) in [5.41, 5.74) is 1.41. The number of aliphatic hydroxyl groups is 1. The minimum Gasteiger partial charge on any atom is -0.465 e. The fraction of sp³-hybridized carbons (Fsp3) is 0.343. The molecule has 0 radical (unpaired) electrons. The van der Waals surface area contributed by atoms with Crippen molar-refractivity contribution in [2.75, 3.05) is 24.7 Å². The van der Waals surface area contributed by atoms with Crippen molar-refractivity contribution in [3.05, 3.63) is 104 Å². The van der Waals surface area contributed by atoms with Gasteiger partial charge >= 0.3 is 5.97 Å². The number of anilines is 1. The van der Waals surface area contributed by atoms with Gasteiger partial charge in [0, 0.05) is 22.3 Å². The summed E-state index contributed by atoms with van der Waals surface area (Å²) in [6.07, 6.45) is 4.39. The van der Waals surface area contributed by atoms with Gasteiger partial charge in [-0.1, -0.05) is 88.7 Å². The molecular formula is C35H35BrN2O5S. The molecule has 44 heavy (non-hydrogen) atoms. The Balaban J connectivity index is 1.47. The maximum Gasteiger partial charge on any atom is 0.310 e. The number of thioether (sulfide) groups is 1. The number of halogens is 1. The van der Waals surface area contributed by atoms with Gasteiger partial charge in [0.25, 0.3) is 5.91 Å². The summed E-state index contributed by atoms with van der Waals surface area (Å²) >= 11 is 5.36. The molecule has 228 valence electrons. The van der Waals surface area contributed by atoms with Gasteiger partial charge in [-0.2, -0.15) is 0 Å². The van der Waals surface area contributed by atoms with Gasteiger partial charge in [-0.3, -0.25) is 14.4 Å². The lowest BCUT2D eigenvalue weighted by atomic mass is 9.71. The molecule has 3 saturated heterocycles. The van der Waals surface area contributed by atoms with E-state index in [0.29, 0.717) is 18.5 Å². The van der Waals surface area contributed by atoms with Crippen molar-refractivity contribution in [1.29, 1.82) is 0 Å². The van der Waals surface area contributed by atoms with E-state index in [2.05, 4.69) is 29.1 Å². The third-order valence-electron chi connectivity index (χ3n) is 9.11. The Morgan fingerprint density at radius 2 is 1.82 bits per heavy atom. The monoisotopic (exact) mass is 674 g/mol. The minimum atomic E-state index is -0.940. The van der Waals surface area contributed by atoms with Crippen LogP contribution in [0.2, 0.25) is 0 Å². The number of benzene rings is 3. The van der Waals surface area contributed by atoms with Crippen LogP contribution in [-0.2, 0) is 19.1 Å². The highest BCUT2D eigenvalue weighted by Crippen LogP contribution is 2.68. The molecule has 3 heterocycles. The van der Waals surface area contributed by atoms with Crippen LogP contribution in [0.15, 0.2) is 98.1 Å². The van der Waals surface area contributed by atoms with Crippen molar-refractivity contribution in [3.63, 3.8) is 0 Å². The van der Waals surface area contributed by atoms with Crippen LogP contribution in [0, 0.1) is 11.8 Å². The predicted octanol–water partition coefficient (Wildman–Crippen LogP) is 5.68. The summed E-state index contributed by atoms with van der Waals surface area (Å²) in [6.45, 7) is 7.67. The van der Waals surface area contributed by atoms with Gasteiger partial charge in [-0.25, -0.2) is 0 Å². The zero-order valence-corrected chi connectivity index (χ0v) is 26.7. The zero-order chi connectivity index (χ0) is 31.0. The lowest BCUT2D eigenvalue weighted by Crippen LogP contribution is -2.56. The molecule has 2 amide bonds. The lowest BCUT2D eigenvalue weighted by Gasteiger charge is -2.40. The topological polar surface area (TPSA) is 87.2 Å². The molecule has 3 aromatic carbocycles. The smallest absolute Gasteiger partial charge is 0.310 e. The van der Waals surface area contributed by atoms with Crippen LogP contribution in [0.4, 0.5) is 5.69 Å². The Labute approximate surface area is 270 Å². The summed E-state index contributed by atoms with van der Waals surface area (Å²) in [7, 11) is 0. The van der Waals surface area contributed by atoms with Crippen LogP contribution < -0.4 is 4.90 Å². The second-order valence-electron chi connectivity index (χ2n) is 11.5. The number of carbonyl (C=O) groups is 3. The number of rotatable bonds is 11. The summed E-state index contributed by atoms with van der Waals surface area (Å²) in [5, 5.41) is 12.6. The van der Waals surface area contributed by atoms with Gasteiger partial charge in [0.05, 0.1) is 35.8 Å². The van der Waals surface area contributed by atoms with Gasteiger partial charge in [-0.05, 0) is 41.3 Å². The maximum atomic E-state index is 15.0. The highest BCUT2D eigenvalue weighted by Gasteiger charge is 2.76. The van der Waals surface area contributed by atoms with E-state index in [1.807, 2.05) is 72.8 Å². The number of hydrogen-bond acceptors (Lipinski definition) is 6. The van der Waals surface area contributed by atoms with E-state index in [1.165, 1.54) is 0 Å². The standard InChI is InChI=1S/C35H35BrN2O5S/c1-3-5-18-43-34(42)28-29-32(40)38(27(21-39)23-12-7-6-8-13-23)31(35(29)20-26(36)30(28)44-35)33(41)37(17-4-2)25-16-15-22-11-9-10-14-24(22)19-25/h3-4,6-16,19,26-31,39H,1-2,5,17-18,20-21H2/t26?,27-,28-,29+,30-,31?,35?/m1/s1. The van der Waals surface area contributed by atoms with E-state index in [0.717, 1.165) is 16.3 Å². The molecule has 9 heteroatoms. The second kappa shape index (κ2) is 12.5. The number of carbonyl (C=O) groups excluding carboxylic acids is 3. The predicted molar refractivity (Wildman–Crippen MR) is 178 cm³/mol. The van der Waals surface area contributed by atoms with Gasteiger partial charge in [0.1, 0.15) is 6.04 Å². The molecule has 1 N–H and O–H groups in total. The Bertz CT molecular complexity index is 1600. The minimum absolute atomic E-state index is 0.0958. The van der Waals surface area contributed by atoms with Gasteiger partial charge in [0.2, 0.25) is 5.91 Å².